The molecule has 0 aliphatic rings. The average Bonchev–Trinajstić information content (AvgIpc) is 2.56. The molecular weight excluding hydrogens is 254 g/mol. The van der Waals surface area contributed by atoms with Gasteiger partial charge in [0.2, 0.25) is 0 Å². The molecule has 0 unspecified atom stereocenters. The summed E-state index contributed by atoms with van der Waals surface area (Å²) in [5.74, 6) is 0. The minimum absolute atomic E-state index is 0.653. The van der Waals surface area contributed by atoms with Gasteiger partial charge in [0.15, 0.2) is 0 Å². The fourth-order valence-corrected chi connectivity index (χ4v) is 2.51. The molecule has 0 aliphatic carbocycles. The first kappa shape index (κ1) is 13.3. The summed E-state index contributed by atoms with van der Waals surface area (Å²) in [4.78, 5) is 0. The van der Waals surface area contributed by atoms with Gasteiger partial charge in [-0.1, -0.05) is 84.9 Å². The molecule has 1 heteroatoms. The lowest BCUT2D eigenvalue weighted by Gasteiger charge is -2.11. The van der Waals surface area contributed by atoms with Crippen LogP contribution in [0.5, 0.6) is 0 Å². The Hall–Kier alpha value is -2.67. The van der Waals surface area contributed by atoms with Crippen molar-refractivity contribution in [2.45, 2.75) is 6.42 Å². The van der Waals surface area contributed by atoms with E-state index in [4.69, 9.17) is 5.41 Å². The average molecular weight is 271 g/mol. The van der Waals surface area contributed by atoms with Crippen LogP contribution < -0.4 is 0 Å². The Morgan fingerprint density at radius 1 is 0.667 bits per heavy atom. The van der Waals surface area contributed by atoms with Crippen molar-refractivity contribution in [2.75, 3.05) is 0 Å². The number of rotatable bonds is 4. The Balaban J connectivity index is 1.94. The Labute approximate surface area is 125 Å². The van der Waals surface area contributed by atoms with Gasteiger partial charge < -0.3 is 5.41 Å². The normalized spacial score (nSPS) is 10.3. The highest BCUT2D eigenvalue weighted by molar-refractivity contribution is 6.05. The van der Waals surface area contributed by atoms with E-state index in [0.717, 1.165) is 16.7 Å². The van der Waals surface area contributed by atoms with Gasteiger partial charge in [-0.15, -0.1) is 0 Å². The first-order chi connectivity index (χ1) is 10.3. The molecule has 0 aliphatic heterocycles. The van der Waals surface area contributed by atoms with Crippen LogP contribution in [0, 0.1) is 5.41 Å². The predicted octanol–water partition coefficient (Wildman–Crippen LogP) is 4.96. The van der Waals surface area contributed by atoms with E-state index in [1.54, 1.807) is 0 Å². The van der Waals surface area contributed by atoms with E-state index in [1.165, 1.54) is 5.56 Å². The molecule has 0 radical (unpaired) electrons. The van der Waals surface area contributed by atoms with Gasteiger partial charge >= 0.3 is 0 Å². The third-order valence-corrected chi connectivity index (χ3v) is 3.56. The van der Waals surface area contributed by atoms with Gasteiger partial charge in [0.05, 0.1) is 0 Å². The molecule has 0 fully saturated rings. The van der Waals surface area contributed by atoms with Crippen molar-refractivity contribution in [3.05, 3.63) is 96.1 Å². The molecule has 1 nitrogen and oxygen atoms in total. The summed E-state index contributed by atoms with van der Waals surface area (Å²) in [5.41, 5.74) is 5.11. The van der Waals surface area contributed by atoms with Gasteiger partial charge in [-0.05, 0) is 16.7 Å². The Morgan fingerprint density at radius 2 is 1.24 bits per heavy atom. The molecule has 0 amide bonds. The minimum Gasteiger partial charge on any atom is -0.304 e. The van der Waals surface area contributed by atoms with Gasteiger partial charge in [-0.3, -0.25) is 0 Å². The van der Waals surface area contributed by atoms with Gasteiger partial charge in [0.25, 0.3) is 0 Å². The van der Waals surface area contributed by atoms with Crippen LogP contribution in [0.3, 0.4) is 0 Å². The van der Waals surface area contributed by atoms with E-state index in [1.807, 2.05) is 54.6 Å². The van der Waals surface area contributed by atoms with Crippen molar-refractivity contribution in [3.8, 4) is 11.1 Å². The maximum atomic E-state index is 8.46. The largest absolute Gasteiger partial charge is 0.304 e. The molecule has 0 bridgehead atoms. The molecule has 1 N–H and O–H groups in total. The lowest BCUT2D eigenvalue weighted by Crippen LogP contribution is -2.05. The summed E-state index contributed by atoms with van der Waals surface area (Å²) in [6, 6.07) is 28.6. The number of nitrogens with one attached hydrogen (secondary N) is 1. The monoisotopic (exact) mass is 271 g/mol. The van der Waals surface area contributed by atoms with E-state index >= 15 is 0 Å². The summed E-state index contributed by atoms with van der Waals surface area (Å²) in [7, 11) is 0. The molecule has 3 rings (SSSR count). The summed E-state index contributed by atoms with van der Waals surface area (Å²) >= 11 is 0. The fourth-order valence-electron chi connectivity index (χ4n) is 2.51. The van der Waals surface area contributed by atoms with Crippen molar-refractivity contribution >= 4 is 5.71 Å². The van der Waals surface area contributed by atoms with Gasteiger partial charge in [0.1, 0.15) is 0 Å². The summed E-state index contributed by atoms with van der Waals surface area (Å²) in [5, 5.41) is 8.46. The van der Waals surface area contributed by atoms with Crippen molar-refractivity contribution in [2.24, 2.45) is 0 Å². The van der Waals surface area contributed by atoms with Gasteiger partial charge in [-0.25, -0.2) is 0 Å². The second kappa shape index (κ2) is 6.19. The molecule has 21 heavy (non-hydrogen) atoms. The smallest absolute Gasteiger partial charge is 0.0436 e. The zero-order chi connectivity index (χ0) is 14.5. The zero-order valence-electron chi connectivity index (χ0n) is 11.8. The summed E-state index contributed by atoms with van der Waals surface area (Å²) in [6.07, 6.45) is 0.657. The van der Waals surface area contributed by atoms with E-state index in [-0.39, 0.29) is 0 Å². The maximum absolute atomic E-state index is 8.46. The number of hydrogen-bond acceptors (Lipinski definition) is 1. The Kier molecular flexibility index (Phi) is 3.92. The maximum Gasteiger partial charge on any atom is 0.0436 e. The van der Waals surface area contributed by atoms with Crippen LogP contribution in [0.4, 0.5) is 0 Å². The van der Waals surface area contributed by atoms with Crippen LogP contribution in [0.2, 0.25) is 0 Å². The summed E-state index contributed by atoms with van der Waals surface area (Å²) < 4.78 is 0. The van der Waals surface area contributed by atoms with Gasteiger partial charge in [0, 0.05) is 17.7 Å². The first-order valence-corrected chi connectivity index (χ1v) is 7.11. The molecule has 0 saturated carbocycles. The van der Waals surface area contributed by atoms with E-state index < -0.39 is 0 Å². The third kappa shape index (κ3) is 3.09. The highest BCUT2D eigenvalue weighted by Gasteiger charge is 2.09. The number of hydrogen-bond donors (Lipinski definition) is 1. The standard InChI is InChI=1S/C20H17N/c21-20(15-16-9-3-1-4-10-16)19-14-8-7-13-18(19)17-11-5-2-6-12-17/h1-14,21H,15H2. The SMILES string of the molecule is N=C(Cc1ccccc1)c1ccccc1-c1ccccc1. The lowest BCUT2D eigenvalue weighted by molar-refractivity contribution is 1.28. The molecule has 0 aromatic heterocycles. The van der Waals surface area contributed by atoms with E-state index in [9.17, 15) is 0 Å². The van der Waals surface area contributed by atoms with Crippen molar-refractivity contribution < 1.29 is 0 Å². The third-order valence-electron chi connectivity index (χ3n) is 3.56. The molecule has 0 saturated heterocycles. The van der Waals surface area contributed by atoms with Crippen LogP contribution in [-0.2, 0) is 6.42 Å². The highest BCUT2D eigenvalue weighted by atomic mass is 14.4. The Bertz CT molecular complexity index is 730. The topological polar surface area (TPSA) is 23.9 Å². The van der Waals surface area contributed by atoms with E-state index in [0.29, 0.717) is 12.1 Å². The molecule has 102 valence electrons. The summed E-state index contributed by atoms with van der Waals surface area (Å²) in [6.45, 7) is 0. The van der Waals surface area contributed by atoms with Crippen LogP contribution in [0.15, 0.2) is 84.9 Å². The van der Waals surface area contributed by atoms with Crippen molar-refractivity contribution in [1.29, 1.82) is 5.41 Å². The predicted molar refractivity (Wildman–Crippen MR) is 88.9 cm³/mol. The van der Waals surface area contributed by atoms with Crippen molar-refractivity contribution in [3.63, 3.8) is 0 Å². The highest BCUT2D eigenvalue weighted by Crippen LogP contribution is 2.24. The Morgan fingerprint density at radius 3 is 1.95 bits per heavy atom. The molecule has 3 aromatic rings. The molecule has 0 heterocycles. The molecular formula is C20H17N. The fraction of sp³-hybridized carbons (Fsp3) is 0.0500. The van der Waals surface area contributed by atoms with Crippen LogP contribution >= 0.6 is 0 Å². The second-order valence-electron chi connectivity index (χ2n) is 5.05. The lowest BCUT2D eigenvalue weighted by atomic mass is 9.94. The van der Waals surface area contributed by atoms with Crippen molar-refractivity contribution in [1.82, 2.24) is 0 Å². The van der Waals surface area contributed by atoms with E-state index in [2.05, 4.69) is 30.3 Å². The van der Waals surface area contributed by atoms with Crippen LogP contribution in [-0.4, -0.2) is 5.71 Å². The van der Waals surface area contributed by atoms with Gasteiger partial charge in [-0.2, -0.15) is 0 Å². The quantitative estimate of drug-likeness (QED) is 0.648. The second-order valence-corrected chi connectivity index (χ2v) is 5.05. The minimum atomic E-state index is 0.653. The molecule has 0 atom stereocenters. The molecule has 0 spiro atoms. The zero-order valence-corrected chi connectivity index (χ0v) is 11.8. The van der Waals surface area contributed by atoms with Crippen LogP contribution in [0.1, 0.15) is 11.1 Å². The van der Waals surface area contributed by atoms with Crippen LogP contribution in [0.25, 0.3) is 11.1 Å². The first-order valence-electron chi connectivity index (χ1n) is 7.11. The number of benzene rings is 3. The molecule has 3 aromatic carbocycles.